The Morgan fingerprint density at radius 1 is 1.11 bits per heavy atom. The predicted molar refractivity (Wildman–Crippen MR) is 115 cm³/mol. The molecule has 0 bridgehead atoms. The van der Waals surface area contributed by atoms with Crippen LogP contribution >= 0.6 is 12.4 Å². The Morgan fingerprint density at radius 2 is 1.79 bits per heavy atom. The number of halogens is 1. The minimum absolute atomic E-state index is 0. The molecule has 2 N–H and O–H groups in total. The molecule has 5 nitrogen and oxygen atoms in total. The summed E-state index contributed by atoms with van der Waals surface area (Å²) in [5, 5.41) is 1.29. The molecule has 2 aromatic carbocycles. The Hall–Kier alpha value is -2.63. The van der Waals surface area contributed by atoms with E-state index in [2.05, 4.69) is 13.8 Å². The summed E-state index contributed by atoms with van der Waals surface area (Å²) in [6.45, 7) is 4.95. The van der Waals surface area contributed by atoms with Crippen LogP contribution in [0.5, 0.6) is 0 Å². The molecule has 148 valence electrons. The highest BCUT2D eigenvalue weighted by Gasteiger charge is 2.19. The minimum Gasteiger partial charge on any atom is -0.465 e. The van der Waals surface area contributed by atoms with Crippen molar-refractivity contribution in [3.8, 4) is 11.1 Å². The zero-order valence-electron chi connectivity index (χ0n) is 16.3. The number of carbonyl (C=O) groups is 1. The van der Waals surface area contributed by atoms with Gasteiger partial charge in [0.05, 0.1) is 12.7 Å². The van der Waals surface area contributed by atoms with Gasteiger partial charge in [0.15, 0.2) is 0 Å². The number of rotatable bonds is 5. The average molecular weight is 401 g/mol. The van der Waals surface area contributed by atoms with Gasteiger partial charge >= 0.3 is 5.97 Å². The second-order valence-electron chi connectivity index (χ2n) is 6.95. The van der Waals surface area contributed by atoms with E-state index >= 15 is 0 Å². The smallest absolute Gasteiger partial charge is 0.337 e. The fourth-order valence-corrected chi connectivity index (χ4v) is 3.44. The van der Waals surface area contributed by atoms with Crippen LogP contribution in [0.1, 0.15) is 29.9 Å². The second kappa shape index (κ2) is 9.04. The van der Waals surface area contributed by atoms with Crippen molar-refractivity contribution in [2.45, 2.75) is 26.9 Å². The summed E-state index contributed by atoms with van der Waals surface area (Å²) in [7, 11) is 1.34. The van der Waals surface area contributed by atoms with Crippen molar-refractivity contribution in [1.29, 1.82) is 0 Å². The molecule has 28 heavy (non-hydrogen) atoms. The van der Waals surface area contributed by atoms with Crippen LogP contribution in [0.4, 0.5) is 0 Å². The molecule has 0 aliphatic heterocycles. The topological polar surface area (TPSA) is 74.3 Å². The lowest BCUT2D eigenvalue weighted by atomic mass is 9.95. The van der Waals surface area contributed by atoms with E-state index in [1.54, 1.807) is 22.8 Å². The largest absolute Gasteiger partial charge is 0.465 e. The maximum Gasteiger partial charge on any atom is 0.337 e. The van der Waals surface area contributed by atoms with Crippen LogP contribution < -0.4 is 11.3 Å². The Bertz CT molecular complexity index is 1040. The van der Waals surface area contributed by atoms with Gasteiger partial charge in [0.1, 0.15) is 0 Å². The molecule has 0 aliphatic rings. The average Bonchev–Trinajstić information content (AvgIpc) is 2.69. The lowest BCUT2D eigenvalue weighted by Crippen LogP contribution is -2.28. The second-order valence-corrected chi connectivity index (χ2v) is 6.95. The maximum atomic E-state index is 13.2. The molecule has 0 aliphatic carbocycles. The molecule has 6 heteroatoms. The van der Waals surface area contributed by atoms with E-state index in [9.17, 15) is 9.59 Å². The monoisotopic (exact) mass is 400 g/mol. The van der Waals surface area contributed by atoms with Crippen molar-refractivity contribution in [2.75, 3.05) is 7.11 Å². The molecule has 0 amide bonds. The zero-order chi connectivity index (χ0) is 19.6. The normalized spacial score (nSPS) is 10.8. The fraction of sp³-hybridized carbons (Fsp3) is 0.273. The number of ether oxygens (including phenoxy) is 1. The number of hydrogen-bond donors (Lipinski definition) is 1. The Kier molecular flexibility index (Phi) is 7.00. The molecule has 0 radical (unpaired) electrons. The number of nitrogens with two attached hydrogens (primary N) is 1. The zero-order valence-corrected chi connectivity index (χ0v) is 17.1. The SMILES string of the molecule is COC(=O)c1ccc2c(=O)n(CC(C)C)c(CN)c(-c3ccccc3)c2c1.Cl. The van der Waals surface area contributed by atoms with E-state index < -0.39 is 5.97 Å². The van der Waals surface area contributed by atoms with Gasteiger partial charge in [-0.15, -0.1) is 12.4 Å². The van der Waals surface area contributed by atoms with E-state index in [-0.39, 0.29) is 24.5 Å². The number of aromatic nitrogens is 1. The summed E-state index contributed by atoms with van der Waals surface area (Å²) in [4.78, 5) is 25.2. The van der Waals surface area contributed by atoms with E-state index in [0.717, 1.165) is 22.2 Å². The van der Waals surface area contributed by atoms with Gasteiger partial charge in [0, 0.05) is 29.7 Å². The third kappa shape index (κ3) is 3.96. The number of nitrogens with zero attached hydrogens (tertiary/aromatic N) is 1. The molecule has 0 saturated heterocycles. The first kappa shape index (κ1) is 21.7. The highest BCUT2D eigenvalue weighted by Crippen LogP contribution is 2.31. The molecule has 1 aromatic heterocycles. The summed E-state index contributed by atoms with van der Waals surface area (Å²) >= 11 is 0. The van der Waals surface area contributed by atoms with Crippen molar-refractivity contribution in [1.82, 2.24) is 4.57 Å². The Labute approximate surface area is 170 Å². The highest BCUT2D eigenvalue weighted by molar-refractivity contribution is 6.02. The number of esters is 1. The first-order chi connectivity index (χ1) is 13.0. The van der Waals surface area contributed by atoms with Gasteiger partial charge in [-0.3, -0.25) is 4.79 Å². The summed E-state index contributed by atoms with van der Waals surface area (Å²) in [5.74, 6) is -0.139. The molecule has 0 unspecified atom stereocenters. The van der Waals surface area contributed by atoms with Crippen molar-refractivity contribution in [3.05, 3.63) is 70.1 Å². The van der Waals surface area contributed by atoms with Crippen molar-refractivity contribution < 1.29 is 9.53 Å². The highest BCUT2D eigenvalue weighted by atomic mass is 35.5. The summed E-state index contributed by atoms with van der Waals surface area (Å²) in [5.41, 5.74) is 9.04. The Morgan fingerprint density at radius 3 is 2.36 bits per heavy atom. The predicted octanol–water partition coefficient (Wildman–Crippen LogP) is 3.99. The van der Waals surface area contributed by atoms with Crippen molar-refractivity contribution >= 4 is 29.1 Å². The molecule has 1 heterocycles. The number of methoxy groups -OCH3 is 1. The molecule has 0 fully saturated rings. The number of fused-ring (bicyclic) bond motifs is 1. The van der Waals surface area contributed by atoms with Gasteiger partial charge in [-0.05, 0) is 35.1 Å². The summed E-state index contributed by atoms with van der Waals surface area (Å²) in [6, 6.07) is 14.9. The van der Waals surface area contributed by atoms with Gasteiger partial charge in [-0.2, -0.15) is 0 Å². The van der Waals surface area contributed by atoms with Crippen LogP contribution in [-0.2, 0) is 17.8 Å². The first-order valence-corrected chi connectivity index (χ1v) is 9.01. The third-order valence-electron chi connectivity index (χ3n) is 4.60. The molecular formula is C22H25ClN2O3. The molecule has 0 atom stereocenters. The van der Waals surface area contributed by atoms with Crippen LogP contribution in [0.25, 0.3) is 21.9 Å². The van der Waals surface area contributed by atoms with Crippen LogP contribution in [-0.4, -0.2) is 17.6 Å². The summed E-state index contributed by atoms with van der Waals surface area (Å²) < 4.78 is 6.62. The molecule has 3 aromatic rings. The number of hydrogen-bond acceptors (Lipinski definition) is 4. The van der Waals surface area contributed by atoms with Gasteiger partial charge < -0.3 is 15.0 Å². The number of carbonyl (C=O) groups excluding carboxylic acids is 1. The van der Waals surface area contributed by atoms with E-state index in [1.165, 1.54) is 7.11 Å². The van der Waals surface area contributed by atoms with E-state index in [0.29, 0.717) is 23.4 Å². The third-order valence-corrected chi connectivity index (χ3v) is 4.60. The quantitative estimate of drug-likeness (QED) is 0.657. The molecular weight excluding hydrogens is 376 g/mol. The van der Waals surface area contributed by atoms with Crippen LogP contribution in [0.15, 0.2) is 53.3 Å². The maximum absolute atomic E-state index is 13.2. The number of pyridine rings is 1. The van der Waals surface area contributed by atoms with Gasteiger partial charge in [0.25, 0.3) is 5.56 Å². The molecule has 0 saturated carbocycles. The lowest BCUT2D eigenvalue weighted by Gasteiger charge is -2.21. The fourth-order valence-electron chi connectivity index (χ4n) is 3.44. The van der Waals surface area contributed by atoms with Crippen LogP contribution in [0.3, 0.4) is 0 Å². The summed E-state index contributed by atoms with van der Waals surface area (Å²) in [6.07, 6.45) is 0. The van der Waals surface area contributed by atoms with Crippen LogP contribution in [0.2, 0.25) is 0 Å². The number of benzene rings is 2. The van der Waals surface area contributed by atoms with Gasteiger partial charge in [0.2, 0.25) is 0 Å². The Balaban J connectivity index is 0.00000280. The van der Waals surface area contributed by atoms with Gasteiger partial charge in [-0.25, -0.2) is 4.79 Å². The van der Waals surface area contributed by atoms with Crippen molar-refractivity contribution in [3.63, 3.8) is 0 Å². The van der Waals surface area contributed by atoms with Gasteiger partial charge in [-0.1, -0.05) is 44.2 Å². The van der Waals surface area contributed by atoms with E-state index in [1.807, 2.05) is 30.3 Å². The molecule has 3 rings (SSSR count). The van der Waals surface area contributed by atoms with Crippen LogP contribution in [0, 0.1) is 5.92 Å². The minimum atomic E-state index is -0.434. The van der Waals surface area contributed by atoms with Crippen molar-refractivity contribution in [2.24, 2.45) is 11.7 Å². The van der Waals surface area contributed by atoms with E-state index in [4.69, 9.17) is 10.5 Å². The molecule has 0 spiro atoms. The lowest BCUT2D eigenvalue weighted by molar-refractivity contribution is 0.0601. The standard InChI is InChI=1S/C22H24N2O3.ClH/c1-14(2)13-24-19(12-23)20(15-7-5-4-6-8-15)18-11-16(22(26)27-3)9-10-17(18)21(24)25;/h4-11,14H,12-13,23H2,1-3H3;1H. The first-order valence-electron chi connectivity index (χ1n) is 9.01.